The van der Waals surface area contributed by atoms with Crippen molar-refractivity contribution in [3.05, 3.63) is 27.8 Å². The van der Waals surface area contributed by atoms with E-state index in [-0.39, 0.29) is 21.7 Å². The Morgan fingerprint density at radius 2 is 1.26 bits per heavy atom. The van der Waals surface area contributed by atoms with E-state index in [1.807, 2.05) is 0 Å². The molecule has 1 aliphatic carbocycles. The Labute approximate surface area is 132 Å². The molecular formula is C15H29O3Ti-. The van der Waals surface area contributed by atoms with Gasteiger partial charge < -0.3 is 15.3 Å². The summed E-state index contributed by atoms with van der Waals surface area (Å²) in [6.45, 7) is 6.84. The normalized spacial score (nSPS) is 11.2. The largest absolute Gasteiger partial charge is 0.400 e. The summed E-state index contributed by atoms with van der Waals surface area (Å²) in [5.74, 6) is 0. The van der Waals surface area contributed by atoms with Crippen LogP contribution in [0.4, 0.5) is 0 Å². The minimum Gasteiger partial charge on any atom is -0.400 e. The van der Waals surface area contributed by atoms with Crippen LogP contribution in [0.15, 0.2) is 0 Å². The summed E-state index contributed by atoms with van der Waals surface area (Å²) in [4.78, 5) is 0. The predicted octanol–water partition coefficient (Wildman–Crippen LogP) is 2.03. The van der Waals surface area contributed by atoms with Gasteiger partial charge in [0.2, 0.25) is 0 Å². The Morgan fingerprint density at radius 1 is 0.842 bits per heavy atom. The number of hydrogen-bond donors (Lipinski definition) is 3. The van der Waals surface area contributed by atoms with Crippen molar-refractivity contribution in [1.82, 2.24) is 0 Å². The van der Waals surface area contributed by atoms with E-state index >= 15 is 0 Å². The molecule has 1 aromatic rings. The molecule has 1 aliphatic rings. The van der Waals surface area contributed by atoms with E-state index in [9.17, 15) is 0 Å². The quantitative estimate of drug-likeness (QED) is 0.508. The Balaban J connectivity index is -0.000000325. The third-order valence-electron chi connectivity index (χ3n) is 3.50. The van der Waals surface area contributed by atoms with E-state index in [4.69, 9.17) is 15.3 Å². The van der Waals surface area contributed by atoms with Crippen molar-refractivity contribution in [2.24, 2.45) is 0 Å². The van der Waals surface area contributed by atoms with Gasteiger partial charge in [-0.1, -0.05) is 46.5 Å². The average Bonchev–Trinajstić information content (AvgIpc) is 2.71. The van der Waals surface area contributed by atoms with E-state index in [0.717, 1.165) is 21.3 Å². The molecule has 19 heavy (non-hydrogen) atoms. The maximum absolute atomic E-state index is 7.00. The van der Waals surface area contributed by atoms with Crippen LogP contribution in [-0.2, 0) is 34.6 Å². The first-order valence-corrected chi connectivity index (χ1v) is 6.30. The Kier molecular flexibility index (Phi) is 18.1. The zero-order valence-corrected chi connectivity index (χ0v) is 14.7. The summed E-state index contributed by atoms with van der Waals surface area (Å²) in [6.07, 6.45) is 5.46. The Hall–Kier alpha value is -0.0557. The molecule has 3 nitrogen and oxygen atoms in total. The van der Waals surface area contributed by atoms with Gasteiger partial charge in [0.1, 0.15) is 0 Å². The van der Waals surface area contributed by atoms with Crippen LogP contribution >= 0.6 is 0 Å². The summed E-state index contributed by atoms with van der Waals surface area (Å²) in [6, 6.07) is 0. The smallest absolute Gasteiger partial charge is 0.0319 e. The Bertz CT molecular complexity index is 290. The first kappa shape index (κ1) is 24.0. The van der Waals surface area contributed by atoms with Crippen molar-refractivity contribution in [1.29, 1.82) is 0 Å². The van der Waals surface area contributed by atoms with Gasteiger partial charge in [-0.05, 0) is 0 Å². The molecule has 112 valence electrons. The van der Waals surface area contributed by atoms with Crippen molar-refractivity contribution >= 4 is 0 Å². The van der Waals surface area contributed by atoms with Crippen LogP contribution in [-0.4, -0.2) is 36.6 Å². The van der Waals surface area contributed by atoms with Crippen molar-refractivity contribution < 1.29 is 37.0 Å². The summed E-state index contributed by atoms with van der Waals surface area (Å²) >= 11 is 0. The molecule has 0 atom stereocenters. The zero-order valence-electron chi connectivity index (χ0n) is 13.2. The topological polar surface area (TPSA) is 60.7 Å². The average molecular weight is 305 g/mol. The van der Waals surface area contributed by atoms with Crippen LogP contribution in [0.5, 0.6) is 0 Å². The maximum Gasteiger partial charge on any atom is 0.0319 e. The fourth-order valence-corrected chi connectivity index (χ4v) is 2.47. The molecule has 1 aromatic carbocycles. The molecule has 0 fully saturated rings. The molecule has 3 N–H and O–H groups in total. The molecular weight excluding hydrogens is 276 g/mol. The number of aliphatic hydroxyl groups is 3. The first-order chi connectivity index (χ1) is 8.72. The zero-order chi connectivity index (χ0) is 14.7. The van der Waals surface area contributed by atoms with Gasteiger partial charge in [0.15, 0.2) is 0 Å². The van der Waals surface area contributed by atoms with Gasteiger partial charge in [-0.2, -0.15) is 27.8 Å². The van der Waals surface area contributed by atoms with Gasteiger partial charge >= 0.3 is 0 Å². The maximum atomic E-state index is 7.00. The molecule has 4 heteroatoms. The molecule has 0 unspecified atom stereocenters. The molecule has 2 rings (SSSR count). The SMILES string of the molecule is CO.CO.CO.Cc1c2c([c-](C)c1C)CCCC2.[Ti]. The van der Waals surface area contributed by atoms with Crippen LogP contribution < -0.4 is 0 Å². The summed E-state index contributed by atoms with van der Waals surface area (Å²) in [5, 5.41) is 21.0. The van der Waals surface area contributed by atoms with Crippen molar-refractivity contribution in [2.75, 3.05) is 21.3 Å². The van der Waals surface area contributed by atoms with E-state index in [0.29, 0.717) is 0 Å². The standard InChI is InChI=1S/C12H17.3CH4O.Ti/c1-8-9(2)11-6-4-5-7-12(11)10(8)3;3*1-2;/h4-7H2,1-3H3;3*2H,1H3;/q-1;;;;. The molecule has 0 aromatic heterocycles. The van der Waals surface area contributed by atoms with Crippen LogP contribution in [0.2, 0.25) is 0 Å². The molecule has 0 saturated carbocycles. The second-order valence-corrected chi connectivity index (χ2v) is 4.04. The molecule has 0 heterocycles. The van der Waals surface area contributed by atoms with Crippen LogP contribution in [0, 0.1) is 20.8 Å². The molecule has 0 saturated heterocycles. The predicted molar refractivity (Wildman–Crippen MR) is 77.3 cm³/mol. The van der Waals surface area contributed by atoms with Gasteiger partial charge in [-0.15, -0.1) is 0 Å². The minimum absolute atomic E-state index is 0. The summed E-state index contributed by atoms with van der Waals surface area (Å²) in [7, 11) is 3.00. The third kappa shape index (κ3) is 6.28. The molecule has 0 aliphatic heterocycles. The number of aliphatic hydroxyl groups excluding tert-OH is 3. The van der Waals surface area contributed by atoms with Gasteiger partial charge in [-0.3, -0.25) is 0 Å². The Morgan fingerprint density at radius 3 is 1.68 bits per heavy atom. The van der Waals surface area contributed by atoms with Gasteiger partial charge in [0.25, 0.3) is 0 Å². The molecule has 0 bridgehead atoms. The van der Waals surface area contributed by atoms with E-state index in [2.05, 4.69) is 20.8 Å². The van der Waals surface area contributed by atoms with Crippen LogP contribution in [0.25, 0.3) is 0 Å². The number of rotatable bonds is 0. The van der Waals surface area contributed by atoms with E-state index in [1.165, 1.54) is 25.7 Å². The fraction of sp³-hybridized carbons (Fsp3) is 0.667. The number of hydrogen-bond acceptors (Lipinski definition) is 3. The monoisotopic (exact) mass is 305 g/mol. The van der Waals surface area contributed by atoms with Crippen molar-refractivity contribution in [3.63, 3.8) is 0 Å². The fourth-order valence-electron chi connectivity index (χ4n) is 2.47. The first-order valence-electron chi connectivity index (χ1n) is 6.30. The molecule has 0 amide bonds. The van der Waals surface area contributed by atoms with Crippen molar-refractivity contribution in [3.8, 4) is 0 Å². The summed E-state index contributed by atoms with van der Waals surface area (Å²) in [5.41, 5.74) is 8.04. The van der Waals surface area contributed by atoms with Crippen molar-refractivity contribution in [2.45, 2.75) is 46.5 Å². The third-order valence-corrected chi connectivity index (χ3v) is 3.50. The molecule has 0 spiro atoms. The number of fused-ring (bicyclic) bond motifs is 1. The molecule has 0 radical (unpaired) electrons. The second kappa shape index (κ2) is 14.4. The van der Waals surface area contributed by atoms with Crippen LogP contribution in [0.3, 0.4) is 0 Å². The van der Waals surface area contributed by atoms with Gasteiger partial charge in [0, 0.05) is 43.0 Å². The van der Waals surface area contributed by atoms with E-state index in [1.54, 1.807) is 27.8 Å². The second-order valence-electron chi connectivity index (χ2n) is 4.04. The van der Waals surface area contributed by atoms with Gasteiger partial charge in [0.05, 0.1) is 0 Å². The minimum atomic E-state index is 0. The van der Waals surface area contributed by atoms with Gasteiger partial charge in [-0.25, -0.2) is 0 Å². The summed E-state index contributed by atoms with van der Waals surface area (Å²) < 4.78 is 0. The van der Waals surface area contributed by atoms with E-state index < -0.39 is 0 Å². The van der Waals surface area contributed by atoms with Crippen LogP contribution in [0.1, 0.15) is 40.7 Å².